The van der Waals surface area contributed by atoms with E-state index in [2.05, 4.69) is 0 Å². The van der Waals surface area contributed by atoms with Gasteiger partial charge < -0.3 is 1.43 Å². The van der Waals surface area contributed by atoms with Crippen molar-refractivity contribution in [2.24, 2.45) is 0 Å². The molecule has 0 fully saturated rings. The van der Waals surface area contributed by atoms with E-state index in [0.717, 1.165) is 4.21 Å². The Balaban J connectivity index is 0. The molecule has 1 heterocycles. The summed E-state index contributed by atoms with van der Waals surface area (Å²) in [7, 11) is 0. The number of carbonyl (C=O) groups is 1. The molecule has 50 valence electrons. The van der Waals surface area contributed by atoms with Gasteiger partial charge in [-0.05, 0) is 23.2 Å². The van der Waals surface area contributed by atoms with Gasteiger partial charge in [-0.1, -0.05) is 6.07 Å². The van der Waals surface area contributed by atoms with Crippen molar-refractivity contribution < 1.29 is 35.8 Å². The van der Waals surface area contributed by atoms with Crippen LogP contribution in [0, 0.1) is 0 Å². The Kier molecular flexibility index (Phi) is 5.77. The van der Waals surface area contributed by atoms with Crippen LogP contribution in [0.3, 0.4) is 0 Å². The van der Waals surface area contributed by atoms with Crippen molar-refractivity contribution in [1.82, 2.24) is 0 Å². The van der Waals surface area contributed by atoms with Crippen LogP contribution in [0.1, 0.15) is 8.35 Å². The minimum absolute atomic E-state index is 0. The van der Waals surface area contributed by atoms with E-state index in [1.54, 1.807) is 18.3 Å². The van der Waals surface area contributed by atoms with Crippen molar-refractivity contribution in [1.29, 1.82) is 0 Å². The maximum Gasteiger partial charge on any atom is 1.00 e. The average Bonchev–Trinajstić information content (AvgIpc) is 2.15. The third-order valence-electron chi connectivity index (χ3n) is 0.739. The molecule has 0 aliphatic rings. The molecule has 10 heavy (non-hydrogen) atoms. The Morgan fingerprint density at radius 3 is 2.90 bits per heavy atom. The second-order valence-electron chi connectivity index (χ2n) is 1.53. The fourth-order valence-electron chi connectivity index (χ4n) is 0.463. The third kappa shape index (κ3) is 3.78. The summed E-state index contributed by atoms with van der Waals surface area (Å²) < 4.78 is 1.07. The van der Waals surface area contributed by atoms with E-state index in [0.29, 0.717) is 0 Å². The maximum atomic E-state index is 10.5. The summed E-state index contributed by atoms with van der Waals surface area (Å²) in [6.45, 7) is 1.57. The van der Waals surface area contributed by atoms with Crippen LogP contribution >= 0.6 is 23.1 Å². The molecule has 0 aliphatic heterocycles. The number of rotatable bonds is 1. The molecule has 0 bridgehead atoms. The van der Waals surface area contributed by atoms with Crippen molar-refractivity contribution >= 4 is 28.2 Å². The molecule has 0 atom stereocenters. The van der Waals surface area contributed by atoms with Crippen molar-refractivity contribution in [2.75, 3.05) is 0 Å². The Morgan fingerprint density at radius 1 is 1.80 bits per heavy atom. The van der Waals surface area contributed by atoms with Crippen LogP contribution in [0.2, 0.25) is 0 Å². The van der Waals surface area contributed by atoms with Gasteiger partial charge in [0, 0.05) is 6.92 Å². The fraction of sp³-hybridized carbons (Fsp3) is 0.167. The van der Waals surface area contributed by atoms with Gasteiger partial charge in [-0.25, -0.2) is 0 Å². The number of carbonyl (C=O) groups excluding carboxylic acids is 1. The van der Waals surface area contributed by atoms with Crippen LogP contribution in [-0.2, 0) is 4.79 Å². The second kappa shape index (κ2) is 5.38. The minimum atomic E-state index is 0. The average molecular weight is 182 g/mol. The molecular formula is C6H7NaOS2. The fourth-order valence-corrected chi connectivity index (χ4v) is 2.05. The van der Waals surface area contributed by atoms with Crippen LogP contribution in [-0.4, -0.2) is 5.12 Å². The molecule has 0 saturated carbocycles. The second-order valence-corrected chi connectivity index (χ2v) is 3.95. The first kappa shape index (κ1) is 10.7. The first-order valence-corrected chi connectivity index (χ1v) is 4.20. The molecule has 1 rings (SSSR count). The summed E-state index contributed by atoms with van der Waals surface area (Å²) in [5.74, 6) is 0. The molecule has 4 heteroatoms. The molecule has 1 aromatic rings. The first-order valence-electron chi connectivity index (χ1n) is 2.51. The molecule has 0 radical (unpaired) electrons. The summed E-state index contributed by atoms with van der Waals surface area (Å²) in [5.41, 5.74) is 0. The normalized spacial score (nSPS) is 8.50. The van der Waals surface area contributed by atoms with E-state index in [1.807, 2.05) is 17.5 Å². The van der Waals surface area contributed by atoms with Gasteiger partial charge in [0.25, 0.3) is 0 Å². The monoisotopic (exact) mass is 182 g/mol. The van der Waals surface area contributed by atoms with E-state index in [4.69, 9.17) is 0 Å². The molecule has 0 N–H and O–H groups in total. The van der Waals surface area contributed by atoms with E-state index in [-0.39, 0.29) is 36.1 Å². The van der Waals surface area contributed by atoms with Crippen molar-refractivity contribution in [2.45, 2.75) is 11.1 Å². The zero-order valence-corrected chi connectivity index (χ0v) is 9.59. The summed E-state index contributed by atoms with van der Waals surface area (Å²) >= 11 is 2.88. The number of thiophene rings is 1. The zero-order valence-electron chi connectivity index (χ0n) is 6.96. The SMILES string of the molecule is CC(=O)Sc1cccs1.[H-].[Na+]. The van der Waals surface area contributed by atoms with Crippen LogP contribution < -0.4 is 29.6 Å². The molecular weight excluding hydrogens is 175 g/mol. The minimum Gasteiger partial charge on any atom is -1.00 e. The van der Waals surface area contributed by atoms with E-state index in [9.17, 15) is 4.79 Å². The molecule has 0 aliphatic carbocycles. The van der Waals surface area contributed by atoms with Gasteiger partial charge in [0.1, 0.15) is 0 Å². The van der Waals surface area contributed by atoms with Gasteiger partial charge in [-0.3, -0.25) is 4.79 Å². The standard InChI is InChI=1S/C6H6OS2.Na.H/c1-5(7)9-6-3-2-4-8-6;;/h2-4H,1H3;;/q;+1;-1. The summed E-state index contributed by atoms with van der Waals surface area (Å²) in [6.07, 6.45) is 0. The summed E-state index contributed by atoms with van der Waals surface area (Å²) in [4.78, 5) is 10.5. The predicted octanol–water partition coefficient (Wildman–Crippen LogP) is -0.497. The molecule has 0 saturated heterocycles. The van der Waals surface area contributed by atoms with E-state index in [1.165, 1.54) is 11.8 Å². The molecule has 0 unspecified atom stereocenters. The van der Waals surface area contributed by atoms with Crippen molar-refractivity contribution in [3.05, 3.63) is 17.5 Å². The largest absolute Gasteiger partial charge is 1.00 e. The van der Waals surface area contributed by atoms with Crippen molar-refractivity contribution in [3.63, 3.8) is 0 Å². The Morgan fingerprint density at radius 2 is 2.50 bits per heavy atom. The van der Waals surface area contributed by atoms with Crippen molar-refractivity contribution in [3.8, 4) is 0 Å². The topological polar surface area (TPSA) is 17.1 Å². The van der Waals surface area contributed by atoms with Gasteiger partial charge in [0.05, 0.1) is 4.21 Å². The van der Waals surface area contributed by atoms with Crippen LogP contribution in [0.15, 0.2) is 21.7 Å². The number of thioether (sulfide) groups is 1. The summed E-state index contributed by atoms with van der Waals surface area (Å²) in [6, 6.07) is 3.88. The molecule has 0 amide bonds. The predicted molar refractivity (Wildman–Crippen MR) is 42.0 cm³/mol. The quantitative estimate of drug-likeness (QED) is 0.430. The van der Waals surface area contributed by atoms with Gasteiger partial charge in [0.2, 0.25) is 0 Å². The first-order chi connectivity index (χ1) is 4.29. The zero-order chi connectivity index (χ0) is 6.69. The van der Waals surface area contributed by atoms with E-state index >= 15 is 0 Å². The molecule has 0 aromatic carbocycles. The van der Waals surface area contributed by atoms with Gasteiger partial charge >= 0.3 is 29.6 Å². The van der Waals surface area contributed by atoms with Crippen LogP contribution in [0.4, 0.5) is 0 Å². The van der Waals surface area contributed by atoms with Gasteiger partial charge in [0.15, 0.2) is 5.12 Å². The maximum absolute atomic E-state index is 10.5. The molecule has 0 spiro atoms. The Labute approximate surface area is 92.0 Å². The molecule has 1 nitrogen and oxygen atoms in total. The summed E-state index contributed by atoms with van der Waals surface area (Å²) in [5, 5.41) is 2.11. The van der Waals surface area contributed by atoms with Crippen LogP contribution in [0.5, 0.6) is 0 Å². The molecule has 1 aromatic heterocycles. The van der Waals surface area contributed by atoms with Gasteiger partial charge in [-0.15, -0.1) is 11.3 Å². The van der Waals surface area contributed by atoms with Gasteiger partial charge in [-0.2, -0.15) is 0 Å². The smallest absolute Gasteiger partial charge is 1.00 e. The third-order valence-corrected chi connectivity index (χ3v) is 2.56. The Bertz CT molecular complexity index is 200. The number of hydrogen-bond donors (Lipinski definition) is 0. The Hall–Kier alpha value is 0.720. The number of hydrogen-bond acceptors (Lipinski definition) is 3. The van der Waals surface area contributed by atoms with E-state index < -0.39 is 0 Å². The van der Waals surface area contributed by atoms with Crippen LogP contribution in [0.25, 0.3) is 0 Å².